The molecule has 14 heteroatoms. The molecule has 12 rings (SSSR count). The normalized spacial score (nSPS) is 21.1. The van der Waals surface area contributed by atoms with Crippen LogP contribution in [0.5, 0.6) is 0 Å². The van der Waals surface area contributed by atoms with E-state index in [-0.39, 0.29) is 24.6 Å². The van der Waals surface area contributed by atoms with E-state index in [2.05, 4.69) is 33.4 Å². The van der Waals surface area contributed by atoms with Gasteiger partial charge in [-0.3, -0.25) is 9.36 Å². The maximum atomic E-state index is 13.4. The number of allylic oxidation sites excluding steroid dienone is 2. The molecule has 0 spiro atoms. The van der Waals surface area contributed by atoms with Crippen LogP contribution >= 0.6 is 0 Å². The highest BCUT2D eigenvalue weighted by atomic mass is 32.2. The fraction of sp³-hybridized carbons (Fsp3) is 0.320. The Kier molecular flexibility index (Phi) is 11.1. The van der Waals surface area contributed by atoms with Crippen LogP contribution in [0.2, 0.25) is 0 Å². The van der Waals surface area contributed by atoms with Crippen LogP contribution in [0.3, 0.4) is 0 Å². The molecule has 4 aliphatic carbocycles. The molecule has 12 nitrogen and oxygen atoms in total. The number of hydrogen-bond acceptors (Lipinski definition) is 8. The van der Waals surface area contributed by atoms with E-state index >= 15 is 0 Å². The van der Waals surface area contributed by atoms with Gasteiger partial charge in [-0.25, -0.2) is 34.7 Å². The van der Waals surface area contributed by atoms with E-state index < -0.39 is 20.0 Å². The summed E-state index contributed by atoms with van der Waals surface area (Å²) >= 11 is 0. The lowest BCUT2D eigenvalue weighted by atomic mass is 9.84. The first-order valence-corrected chi connectivity index (χ1v) is 24.2. The van der Waals surface area contributed by atoms with Crippen molar-refractivity contribution in [2.45, 2.75) is 75.5 Å². The van der Waals surface area contributed by atoms with E-state index in [1.807, 2.05) is 44.9 Å². The second-order valence-electron chi connectivity index (χ2n) is 17.5. The van der Waals surface area contributed by atoms with E-state index in [9.17, 15) is 16.8 Å². The van der Waals surface area contributed by atoms with Gasteiger partial charge in [0.25, 0.3) is 20.0 Å². The first kappa shape index (κ1) is 43.1. The van der Waals surface area contributed by atoms with Gasteiger partial charge < -0.3 is 0 Å². The van der Waals surface area contributed by atoms with Crippen molar-refractivity contribution in [3.63, 3.8) is 0 Å². The summed E-state index contributed by atoms with van der Waals surface area (Å²) in [5.74, 6) is 3.39. The fourth-order valence-corrected chi connectivity index (χ4v) is 13.4. The fourth-order valence-electron chi connectivity index (χ4n) is 10.7. The molecular weight excluding hydrogens is 841 g/mol. The van der Waals surface area contributed by atoms with Crippen molar-refractivity contribution in [3.8, 4) is 22.3 Å². The average Bonchev–Trinajstić information content (AvgIpc) is 4.16. The summed E-state index contributed by atoms with van der Waals surface area (Å²) < 4.78 is 59.8. The molecule has 6 aromatic heterocycles. The van der Waals surface area contributed by atoms with E-state index in [0.717, 1.165) is 50.4 Å². The Morgan fingerprint density at radius 1 is 0.578 bits per heavy atom. The second-order valence-corrected chi connectivity index (χ2v) is 21.2. The van der Waals surface area contributed by atoms with Gasteiger partial charge in [-0.1, -0.05) is 63.7 Å². The largest absolute Gasteiger partial charge is 0.275 e. The summed E-state index contributed by atoms with van der Waals surface area (Å²) in [5, 5.41) is 10.3. The van der Waals surface area contributed by atoms with Crippen molar-refractivity contribution in [1.29, 1.82) is 0 Å². The van der Waals surface area contributed by atoms with Crippen LogP contribution in [0.1, 0.15) is 76.8 Å². The Hall–Kier alpha value is -6.12. The Morgan fingerprint density at radius 2 is 1.14 bits per heavy atom. The summed E-state index contributed by atoms with van der Waals surface area (Å²) in [4.78, 5) is 9.88. The van der Waals surface area contributed by atoms with E-state index in [1.54, 1.807) is 88.7 Å². The first-order chi connectivity index (χ1) is 30.0. The third-order valence-electron chi connectivity index (χ3n) is 13.7. The number of pyridine rings is 2. The number of nitrogens with zero attached hydrogens (tertiary/aromatic N) is 8. The molecule has 0 N–H and O–H groups in total. The van der Waals surface area contributed by atoms with Gasteiger partial charge in [0.2, 0.25) is 0 Å². The van der Waals surface area contributed by atoms with Crippen LogP contribution < -0.4 is 0 Å². The number of benzene rings is 2. The highest BCUT2D eigenvalue weighted by Gasteiger charge is 2.40. The minimum Gasteiger partial charge on any atom is -0.275 e. The van der Waals surface area contributed by atoms with Crippen LogP contribution in [0, 0.1) is 23.7 Å². The zero-order valence-electron chi connectivity index (χ0n) is 34.5. The first-order valence-electron chi connectivity index (χ1n) is 21.3. The zero-order valence-corrected chi connectivity index (χ0v) is 36.1. The Balaban J connectivity index is 0.000000157. The standard InChI is InChI=1S/C24H24N4O2S.C24H22N4O2S.2CH4/c2*1-27-14-19(13-26-27)23-15-28(31(29,30)20-5-3-2-4-6-20)24-22(23)11-18(12-25-24)21-10-16-7-8-17(21)9-16;;/h2-6,11-17,21H,7-10H2,1H3;2-6,10-17H,7-9H2,1H3;2*1H4. The minimum atomic E-state index is -3.77. The van der Waals surface area contributed by atoms with Gasteiger partial charge in [-0.15, -0.1) is 0 Å². The van der Waals surface area contributed by atoms with Crippen LogP contribution in [0.4, 0.5) is 0 Å². The monoisotopic (exact) mass is 894 g/mol. The van der Waals surface area contributed by atoms with Crippen molar-refractivity contribution >= 4 is 47.7 Å². The van der Waals surface area contributed by atoms with E-state index in [1.165, 1.54) is 64.0 Å². The SMILES string of the molecule is C.C.Cn1cc(-c2cn(S(=O)(=O)c3ccccc3)c3ncc(C4=CC5CCC4C5)cc23)cn1.Cn1cc(-c2cn(S(=O)(=O)c3ccccc3)c3ncc(C4CC5CCC4C5)cc23)cn1. The predicted octanol–water partition coefficient (Wildman–Crippen LogP) is 10.3. The summed E-state index contributed by atoms with van der Waals surface area (Å²) in [7, 11) is -3.82. The van der Waals surface area contributed by atoms with E-state index in [0.29, 0.717) is 29.0 Å². The molecule has 0 saturated heterocycles. The Bertz CT molecular complexity index is 3280. The number of aryl methyl sites for hydroxylation is 2. The lowest BCUT2D eigenvalue weighted by Gasteiger charge is -2.21. The van der Waals surface area contributed by atoms with Gasteiger partial charge in [0, 0.05) is 84.3 Å². The minimum absolute atomic E-state index is 0. The highest BCUT2D eigenvalue weighted by molar-refractivity contribution is 7.90. The molecule has 5 unspecified atom stereocenters. The summed E-state index contributed by atoms with van der Waals surface area (Å²) in [5.41, 5.74) is 8.03. The summed E-state index contributed by atoms with van der Waals surface area (Å²) in [6, 6.07) is 21.3. The predicted molar refractivity (Wildman–Crippen MR) is 252 cm³/mol. The summed E-state index contributed by atoms with van der Waals surface area (Å²) in [6.45, 7) is 0. The van der Waals surface area contributed by atoms with Crippen LogP contribution in [-0.2, 0) is 34.1 Å². The molecule has 3 fully saturated rings. The molecule has 4 aliphatic rings. The number of hydrogen-bond donors (Lipinski definition) is 0. The molecule has 3 saturated carbocycles. The Labute approximate surface area is 375 Å². The smallest absolute Gasteiger partial charge is 0.269 e. The lowest BCUT2D eigenvalue weighted by molar-refractivity contribution is 0.419. The summed E-state index contributed by atoms with van der Waals surface area (Å²) in [6.07, 6.45) is 25.8. The van der Waals surface area contributed by atoms with Gasteiger partial charge in [0.15, 0.2) is 11.3 Å². The molecule has 8 aromatic rings. The average molecular weight is 895 g/mol. The molecule has 0 aliphatic heterocycles. The van der Waals surface area contributed by atoms with Gasteiger partial charge in [-0.05, 0) is 121 Å². The van der Waals surface area contributed by atoms with Gasteiger partial charge in [0.05, 0.1) is 22.2 Å². The number of rotatable bonds is 8. The topological polar surface area (TPSA) is 140 Å². The van der Waals surface area contributed by atoms with Crippen molar-refractivity contribution in [1.82, 2.24) is 37.5 Å². The van der Waals surface area contributed by atoms with Gasteiger partial charge >= 0.3 is 0 Å². The third kappa shape index (κ3) is 7.30. The molecule has 2 aromatic carbocycles. The molecule has 6 heterocycles. The molecule has 5 atom stereocenters. The van der Waals surface area contributed by atoms with Crippen LogP contribution in [-0.4, -0.2) is 54.3 Å². The van der Waals surface area contributed by atoms with Crippen LogP contribution in [0.25, 0.3) is 49.9 Å². The van der Waals surface area contributed by atoms with Crippen molar-refractivity contribution in [2.75, 3.05) is 0 Å². The molecular formula is C50H54N8O4S2. The van der Waals surface area contributed by atoms with E-state index in [4.69, 9.17) is 4.98 Å². The quantitative estimate of drug-likeness (QED) is 0.147. The van der Waals surface area contributed by atoms with Crippen molar-refractivity contribution in [3.05, 3.63) is 140 Å². The van der Waals surface area contributed by atoms with Crippen molar-refractivity contribution in [2.24, 2.45) is 37.8 Å². The second kappa shape index (κ2) is 16.5. The maximum absolute atomic E-state index is 13.4. The molecule has 0 amide bonds. The molecule has 0 radical (unpaired) electrons. The van der Waals surface area contributed by atoms with Crippen molar-refractivity contribution < 1.29 is 16.8 Å². The van der Waals surface area contributed by atoms with Crippen LogP contribution in [0.15, 0.2) is 138 Å². The number of aromatic nitrogens is 8. The van der Waals surface area contributed by atoms with Gasteiger partial charge in [0.1, 0.15) is 0 Å². The molecule has 330 valence electrons. The lowest BCUT2D eigenvalue weighted by Crippen LogP contribution is -2.13. The number of fused-ring (bicyclic) bond motifs is 6. The van der Waals surface area contributed by atoms with Gasteiger partial charge in [-0.2, -0.15) is 10.2 Å². The molecule has 64 heavy (non-hydrogen) atoms. The highest BCUT2D eigenvalue weighted by Crippen LogP contribution is 2.53. The third-order valence-corrected chi connectivity index (χ3v) is 17.0. The Morgan fingerprint density at radius 3 is 1.61 bits per heavy atom. The molecule has 4 bridgehead atoms. The zero-order chi connectivity index (χ0) is 42.3. The maximum Gasteiger partial charge on any atom is 0.269 e.